The van der Waals surface area contributed by atoms with Crippen LogP contribution in [0.1, 0.15) is 52.7 Å². The average molecular weight is 486 g/mol. The molecule has 0 saturated carbocycles. The first kappa shape index (κ1) is 24.5. The molecule has 2 aliphatic rings. The van der Waals surface area contributed by atoms with Crippen molar-refractivity contribution < 1.29 is 18.3 Å². The van der Waals surface area contributed by atoms with E-state index in [1.165, 1.54) is 18.9 Å². The van der Waals surface area contributed by atoms with Gasteiger partial charge in [-0.2, -0.15) is 0 Å². The fraction of sp³-hybridized carbons (Fsp3) is 0.500. The lowest BCUT2D eigenvalue weighted by atomic mass is 9.96. The average Bonchev–Trinajstić information content (AvgIpc) is 3.25. The first-order valence-electron chi connectivity index (χ1n) is 12.1. The Balaban J connectivity index is 1.56. The van der Waals surface area contributed by atoms with Crippen molar-refractivity contribution in [3.8, 4) is 0 Å². The van der Waals surface area contributed by atoms with E-state index in [1.54, 1.807) is 26.0 Å². The Morgan fingerprint density at radius 3 is 2.35 bits per heavy atom. The number of carbonyl (C=O) groups is 1. The van der Waals surface area contributed by atoms with Crippen LogP contribution in [0.5, 0.6) is 0 Å². The molecule has 0 radical (unpaired) electrons. The highest BCUT2D eigenvalue weighted by molar-refractivity contribution is 7.92. The van der Waals surface area contributed by atoms with Crippen molar-refractivity contribution in [1.29, 1.82) is 0 Å². The van der Waals surface area contributed by atoms with E-state index in [1.807, 2.05) is 19.1 Å². The number of piperidine rings is 1. The molecular formula is C26H35N3O4S. The second-order valence-electron chi connectivity index (χ2n) is 9.83. The number of aromatic carboxylic acids is 1. The van der Waals surface area contributed by atoms with E-state index in [0.717, 1.165) is 51.1 Å². The Morgan fingerprint density at radius 1 is 1.03 bits per heavy atom. The molecular weight excluding hydrogens is 450 g/mol. The molecule has 8 heteroatoms. The smallest absolute Gasteiger partial charge is 0.337 e. The third-order valence-corrected chi connectivity index (χ3v) is 8.61. The standard InChI is InChI=1S/C26H35N3O4S/c1-18-13-19(2)25(20(3)14-18)34(32,33)27-22-8-9-24(23(15-22)26(30)31)29-12-6-7-21(17-29)16-28-10-4-5-11-28/h8-9,13-15,21,27H,4-7,10-12,16-17H2,1-3H3,(H,30,31)/t21-/m0/s1. The van der Waals surface area contributed by atoms with Crippen LogP contribution < -0.4 is 9.62 Å². The highest BCUT2D eigenvalue weighted by Gasteiger charge is 2.27. The number of hydrogen-bond acceptors (Lipinski definition) is 5. The van der Waals surface area contributed by atoms with E-state index in [4.69, 9.17) is 0 Å². The van der Waals surface area contributed by atoms with E-state index in [-0.39, 0.29) is 16.1 Å². The van der Waals surface area contributed by atoms with E-state index < -0.39 is 16.0 Å². The summed E-state index contributed by atoms with van der Waals surface area (Å²) in [6, 6.07) is 8.53. The molecule has 2 N–H and O–H groups in total. The molecule has 0 aliphatic carbocycles. The predicted octanol–water partition coefficient (Wildman–Crippen LogP) is 4.42. The number of sulfonamides is 1. The Morgan fingerprint density at radius 2 is 1.71 bits per heavy atom. The zero-order chi connectivity index (χ0) is 24.5. The van der Waals surface area contributed by atoms with Crippen LogP contribution in [0.2, 0.25) is 0 Å². The molecule has 2 aromatic carbocycles. The minimum absolute atomic E-state index is 0.124. The zero-order valence-corrected chi connectivity index (χ0v) is 21.1. The number of anilines is 2. The van der Waals surface area contributed by atoms with Crippen molar-refractivity contribution >= 4 is 27.4 Å². The number of nitrogens with zero attached hydrogens (tertiary/aromatic N) is 2. The maximum absolute atomic E-state index is 13.2. The third kappa shape index (κ3) is 5.39. The van der Waals surface area contributed by atoms with Gasteiger partial charge in [0.25, 0.3) is 10.0 Å². The lowest BCUT2D eigenvalue weighted by molar-refractivity contribution is 0.0697. The van der Waals surface area contributed by atoms with Crippen LogP contribution in [0.15, 0.2) is 35.2 Å². The largest absolute Gasteiger partial charge is 0.478 e. The lowest BCUT2D eigenvalue weighted by Gasteiger charge is -2.36. The van der Waals surface area contributed by atoms with Crippen molar-refractivity contribution in [2.75, 3.05) is 42.3 Å². The van der Waals surface area contributed by atoms with Crippen LogP contribution >= 0.6 is 0 Å². The molecule has 34 heavy (non-hydrogen) atoms. The molecule has 0 spiro atoms. The van der Waals surface area contributed by atoms with Gasteiger partial charge in [-0.05, 0) is 94.8 Å². The number of carboxylic acids is 1. The molecule has 184 valence electrons. The van der Waals surface area contributed by atoms with Gasteiger partial charge in [-0.15, -0.1) is 0 Å². The second kappa shape index (κ2) is 9.96. The summed E-state index contributed by atoms with van der Waals surface area (Å²) in [6.07, 6.45) is 4.71. The fourth-order valence-corrected chi connectivity index (χ4v) is 7.11. The van der Waals surface area contributed by atoms with Gasteiger partial charge in [-0.1, -0.05) is 17.7 Å². The number of likely N-dealkylation sites (tertiary alicyclic amines) is 1. The van der Waals surface area contributed by atoms with Gasteiger partial charge in [0, 0.05) is 25.3 Å². The summed E-state index contributed by atoms with van der Waals surface area (Å²) in [7, 11) is -3.86. The molecule has 2 fully saturated rings. The third-order valence-electron chi connectivity index (χ3n) is 6.93. The molecule has 2 heterocycles. The van der Waals surface area contributed by atoms with Crippen LogP contribution in [-0.4, -0.2) is 57.1 Å². The molecule has 2 aliphatic heterocycles. The van der Waals surface area contributed by atoms with Gasteiger partial charge < -0.3 is 14.9 Å². The molecule has 4 rings (SSSR count). The first-order valence-corrected chi connectivity index (χ1v) is 13.6. The second-order valence-corrected chi connectivity index (χ2v) is 11.5. The normalized spacial score (nSPS) is 19.4. The summed E-state index contributed by atoms with van der Waals surface area (Å²) < 4.78 is 28.9. The van der Waals surface area contributed by atoms with Gasteiger partial charge in [0.1, 0.15) is 0 Å². The molecule has 0 bridgehead atoms. The summed E-state index contributed by atoms with van der Waals surface area (Å²) in [6.45, 7) is 10.5. The van der Waals surface area contributed by atoms with Gasteiger partial charge in [-0.3, -0.25) is 4.72 Å². The number of nitrogens with one attached hydrogen (secondary N) is 1. The van der Waals surface area contributed by atoms with Crippen LogP contribution in [0, 0.1) is 26.7 Å². The monoisotopic (exact) mass is 485 g/mol. The Kier molecular flexibility index (Phi) is 7.19. The van der Waals surface area contributed by atoms with Gasteiger partial charge in [-0.25, -0.2) is 13.2 Å². The van der Waals surface area contributed by atoms with Crippen LogP contribution in [0.3, 0.4) is 0 Å². The predicted molar refractivity (Wildman–Crippen MR) is 135 cm³/mol. The molecule has 0 amide bonds. The summed E-state index contributed by atoms with van der Waals surface area (Å²) >= 11 is 0. The van der Waals surface area contributed by atoms with E-state index >= 15 is 0 Å². The number of hydrogen-bond donors (Lipinski definition) is 2. The summed E-state index contributed by atoms with van der Waals surface area (Å²) in [5, 5.41) is 9.94. The highest BCUT2D eigenvalue weighted by atomic mass is 32.2. The lowest BCUT2D eigenvalue weighted by Crippen LogP contribution is -2.41. The van der Waals surface area contributed by atoms with E-state index in [9.17, 15) is 18.3 Å². The van der Waals surface area contributed by atoms with Gasteiger partial charge >= 0.3 is 5.97 Å². The molecule has 0 unspecified atom stereocenters. The van der Waals surface area contributed by atoms with E-state index in [2.05, 4.69) is 14.5 Å². The minimum Gasteiger partial charge on any atom is -0.478 e. The van der Waals surface area contributed by atoms with Gasteiger partial charge in [0.15, 0.2) is 0 Å². The fourth-order valence-electron chi connectivity index (χ4n) is 5.61. The SMILES string of the molecule is Cc1cc(C)c(S(=O)(=O)Nc2ccc(N3CCC[C@@H](CN4CCCC4)C3)c(C(=O)O)c2)c(C)c1. The molecule has 2 aromatic rings. The maximum atomic E-state index is 13.2. The number of aryl methyl sites for hydroxylation is 3. The molecule has 2 saturated heterocycles. The summed E-state index contributed by atoms with van der Waals surface area (Å²) in [4.78, 5) is 17.0. The van der Waals surface area contributed by atoms with Crippen molar-refractivity contribution in [1.82, 2.24) is 4.90 Å². The Bertz CT molecular complexity index is 1150. The first-order chi connectivity index (χ1) is 16.1. The van der Waals surface area contributed by atoms with Gasteiger partial charge in [0.05, 0.1) is 16.1 Å². The van der Waals surface area contributed by atoms with Crippen molar-refractivity contribution in [3.63, 3.8) is 0 Å². The van der Waals surface area contributed by atoms with Crippen LogP contribution in [-0.2, 0) is 10.0 Å². The van der Waals surface area contributed by atoms with Crippen molar-refractivity contribution in [2.45, 2.75) is 51.3 Å². The maximum Gasteiger partial charge on any atom is 0.337 e. The van der Waals surface area contributed by atoms with E-state index in [0.29, 0.717) is 22.7 Å². The highest BCUT2D eigenvalue weighted by Crippen LogP contribution is 2.31. The Hall–Kier alpha value is -2.58. The quantitative estimate of drug-likeness (QED) is 0.603. The van der Waals surface area contributed by atoms with Crippen molar-refractivity contribution in [2.24, 2.45) is 5.92 Å². The molecule has 1 atom stereocenters. The molecule has 0 aromatic heterocycles. The van der Waals surface area contributed by atoms with Crippen molar-refractivity contribution in [3.05, 3.63) is 52.6 Å². The Labute approximate surface area is 202 Å². The molecule has 7 nitrogen and oxygen atoms in total. The van der Waals surface area contributed by atoms with Crippen LogP contribution in [0.4, 0.5) is 11.4 Å². The summed E-state index contributed by atoms with van der Waals surface area (Å²) in [5.74, 6) is -0.542. The number of carboxylic acid groups (broad SMARTS) is 1. The zero-order valence-electron chi connectivity index (χ0n) is 20.3. The minimum atomic E-state index is -3.86. The van der Waals surface area contributed by atoms with Gasteiger partial charge in [0.2, 0.25) is 0 Å². The summed E-state index contributed by atoms with van der Waals surface area (Å²) in [5.41, 5.74) is 3.36. The topological polar surface area (TPSA) is 90.0 Å². The van der Waals surface area contributed by atoms with Crippen LogP contribution in [0.25, 0.3) is 0 Å². The number of rotatable bonds is 7. The number of benzene rings is 2.